The molecule has 1 saturated heterocycles. The van der Waals surface area contributed by atoms with Gasteiger partial charge in [0.05, 0.1) is 18.5 Å². The molecular formula is C18H18ClN5O2S. The van der Waals surface area contributed by atoms with E-state index in [-0.39, 0.29) is 16.7 Å². The normalized spacial score (nSPS) is 27.2. The van der Waals surface area contributed by atoms with E-state index in [1.165, 1.54) is 22.9 Å². The van der Waals surface area contributed by atoms with Gasteiger partial charge in [-0.25, -0.2) is 4.98 Å². The lowest BCUT2D eigenvalue weighted by Crippen LogP contribution is -2.27. The SMILES string of the molecule is O[C@@H]1[C@H](O)CS[C@H]1n1cnc2c(NC3CCc4ccccc43)nc(Cl)nc21. The molecule has 3 N–H and O–H groups in total. The van der Waals surface area contributed by atoms with Crippen LogP contribution in [-0.4, -0.2) is 47.7 Å². The van der Waals surface area contributed by atoms with Gasteiger partial charge >= 0.3 is 0 Å². The monoisotopic (exact) mass is 403 g/mol. The van der Waals surface area contributed by atoms with E-state index in [1.807, 2.05) is 6.07 Å². The average molecular weight is 404 g/mol. The molecule has 2 aliphatic rings. The number of thioether (sulfide) groups is 1. The van der Waals surface area contributed by atoms with Gasteiger partial charge < -0.3 is 15.5 Å². The molecule has 140 valence electrons. The predicted octanol–water partition coefficient (Wildman–Crippen LogP) is 2.55. The standard InChI is InChI=1S/C18H18ClN5O2S/c19-18-22-15(21-11-6-5-9-3-1-2-4-10(9)11)13-16(23-18)24(8-20-13)17-14(26)12(25)7-27-17/h1-4,8,11-12,14,17,25-26H,5-7H2,(H,21,22,23)/t11?,12-,14-,17-/m1/s1. The Hall–Kier alpha value is -1.87. The number of aliphatic hydroxyl groups is 2. The van der Waals surface area contributed by atoms with Crippen LogP contribution in [0.25, 0.3) is 11.2 Å². The van der Waals surface area contributed by atoms with Gasteiger partial charge in [0.25, 0.3) is 0 Å². The highest BCUT2D eigenvalue weighted by Gasteiger charge is 2.36. The van der Waals surface area contributed by atoms with E-state index < -0.39 is 12.2 Å². The predicted molar refractivity (Wildman–Crippen MR) is 105 cm³/mol. The number of imidazole rings is 1. The maximum Gasteiger partial charge on any atom is 0.226 e. The van der Waals surface area contributed by atoms with E-state index in [9.17, 15) is 10.2 Å². The Kier molecular flexibility index (Phi) is 4.23. The molecule has 0 spiro atoms. The Balaban J connectivity index is 1.53. The lowest BCUT2D eigenvalue weighted by atomic mass is 10.1. The number of halogens is 1. The number of aryl methyl sites for hydroxylation is 1. The highest BCUT2D eigenvalue weighted by Crippen LogP contribution is 2.39. The van der Waals surface area contributed by atoms with Crippen molar-refractivity contribution in [2.45, 2.75) is 36.5 Å². The van der Waals surface area contributed by atoms with Crippen molar-refractivity contribution >= 4 is 40.3 Å². The van der Waals surface area contributed by atoms with Gasteiger partial charge in [-0.15, -0.1) is 11.8 Å². The van der Waals surface area contributed by atoms with Gasteiger partial charge in [0, 0.05) is 5.75 Å². The first kappa shape index (κ1) is 17.2. The van der Waals surface area contributed by atoms with Crippen molar-refractivity contribution in [3.63, 3.8) is 0 Å². The Morgan fingerprint density at radius 1 is 1.22 bits per heavy atom. The van der Waals surface area contributed by atoms with Crippen LogP contribution < -0.4 is 5.32 Å². The molecule has 9 heteroatoms. The lowest BCUT2D eigenvalue weighted by Gasteiger charge is -2.18. The number of benzene rings is 1. The summed E-state index contributed by atoms with van der Waals surface area (Å²) in [7, 11) is 0. The molecule has 3 aromatic rings. The molecule has 0 saturated carbocycles. The van der Waals surface area contributed by atoms with Crippen LogP contribution in [0.3, 0.4) is 0 Å². The summed E-state index contributed by atoms with van der Waals surface area (Å²) < 4.78 is 1.77. The first-order valence-corrected chi connectivity index (χ1v) is 10.3. The minimum absolute atomic E-state index is 0.121. The number of fused-ring (bicyclic) bond motifs is 2. The molecule has 5 rings (SSSR count). The molecule has 0 radical (unpaired) electrons. The quantitative estimate of drug-likeness (QED) is 0.578. The molecular weight excluding hydrogens is 386 g/mol. The van der Waals surface area contributed by atoms with E-state index >= 15 is 0 Å². The fourth-order valence-corrected chi connectivity index (χ4v) is 5.33. The molecule has 1 fully saturated rings. The topological polar surface area (TPSA) is 96.1 Å². The minimum Gasteiger partial charge on any atom is -0.389 e. The lowest BCUT2D eigenvalue weighted by molar-refractivity contribution is 0.0313. The van der Waals surface area contributed by atoms with Crippen LogP contribution in [0.15, 0.2) is 30.6 Å². The molecule has 1 aromatic carbocycles. The minimum atomic E-state index is -0.876. The zero-order valence-electron chi connectivity index (χ0n) is 14.3. The molecule has 3 heterocycles. The van der Waals surface area contributed by atoms with Gasteiger partial charge in [0.1, 0.15) is 11.5 Å². The number of anilines is 1. The third-order valence-electron chi connectivity index (χ3n) is 5.24. The Labute approximate surface area is 164 Å². The average Bonchev–Trinajstić information content (AvgIpc) is 3.34. The van der Waals surface area contributed by atoms with Crippen molar-refractivity contribution < 1.29 is 10.2 Å². The van der Waals surface area contributed by atoms with Crippen molar-refractivity contribution in [2.75, 3.05) is 11.1 Å². The number of hydrogen-bond donors (Lipinski definition) is 3. The van der Waals surface area contributed by atoms with Crippen LogP contribution in [0.5, 0.6) is 0 Å². The Morgan fingerprint density at radius 3 is 2.89 bits per heavy atom. The summed E-state index contributed by atoms with van der Waals surface area (Å²) in [4.78, 5) is 13.2. The van der Waals surface area contributed by atoms with E-state index in [4.69, 9.17) is 11.6 Å². The summed E-state index contributed by atoms with van der Waals surface area (Å²) in [5.74, 6) is 1.05. The Morgan fingerprint density at radius 2 is 2.07 bits per heavy atom. The first-order chi connectivity index (χ1) is 13.1. The number of aliphatic hydroxyl groups excluding tert-OH is 2. The Bertz CT molecular complexity index is 1010. The molecule has 1 aliphatic heterocycles. The smallest absolute Gasteiger partial charge is 0.226 e. The van der Waals surface area contributed by atoms with Crippen molar-refractivity contribution in [1.29, 1.82) is 0 Å². The fourth-order valence-electron chi connectivity index (χ4n) is 3.88. The molecule has 2 aromatic heterocycles. The second-order valence-electron chi connectivity index (χ2n) is 6.88. The maximum atomic E-state index is 10.3. The maximum absolute atomic E-state index is 10.3. The highest BCUT2D eigenvalue weighted by atomic mass is 35.5. The number of hydrogen-bond acceptors (Lipinski definition) is 7. The number of aromatic nitrogens is 4. The molecule has 1 unspecified atom stereocenters. The van der Waals surface area contributed by atoms with Crippen LogP contribution in [0.2, 0.25) is 5.28 Å². The van der Waals surface area contributed by atoms with Crippen LogP contribution in [0.1, 0.15) is 29.0 Å². The largest absolute Gasteiger partial charge is 0.389 e. The van der Waals surface area contributed by atoms with Gasteiger partial charge in [0.15, 0.2) is 17.0 Å². The van der Waals surface area contributed by atoms with Crippen LogP contribution >= 0.6 is 23.4 Å². The molecule has 27 heavy (non-hydrogen) atoms. The second-order valence-corrected chi connectivity index (χ2v) is 8.37. The third-order valence-corrected chi connectivity index (χ3v) is 6.79. The van der Waals surface area contributed by atoms with Crippen LogP contribution in [-0.2, 0) is 6.42 Å². The molecule has 1 aliphatic carbocycles. The summed E-state index contributed by atoms with van der Waals surface area (Å²) in [5, 5.41) is 23.4. The number of nitrogens with zero attached hydrogens (tertiary/aromatic N) is 4. The molecule has 0 bridgehead atoms. The number of nitrogens with one attached hydrogen (secondary N) is 1. The van der Waals surface area contributed by atoms with Gasteiger partial charge in [-0.1, -0.05) is 24.3 Å². The zero-order chi connectivity index (χ0) is 18.5. The van der Waals surface area contributed by atoms with Gasteiger partial charge in [0.2, 0.25) is 5.28 Å². The van der Waals surface area contributed by atoms with Gasteiger partial charge in [-0.05, 0) is 35.6 Å². The van der Waals surface area contributed by atoms with Crippen molar-refractivity contribution in [3.05, 3.63) is 47.0 Å². The van der Waals surface area contributed by atoms with Crippen molar-refractivity contribution in [3.8, 4) is 0 Å². The molecule has 7 nitrogen and oxygen atoms in total. The second kappa shape index (κ2) is 6.63. The number of rotatable bonds is 3. The van der Waals surface area contributed by atoms with Gasteiger partial charge in [-0.3, -0.25) is 4.57 Å². The molecule has 4 atom stereocenters. The van der Waals surface area contributed by atoms with E-state index in [0.717, 1.165) is 12.8 Å². The zero-order valence-corrected chi connectivity index (χ0v) is 15.9. The highest BCUT2D eigenvalue weighted by molar-refractivity contribution is 7.99. The van der Waals surface area contributed by atoms with Crippen LogP contribution in [0, 0.1) is 0 Å². The van der Waals surface area contributed by atoms with E-state index in [2.05, 4.69) is 38.5 Å². The van der Waals surface area contributed by atoms with Crippen LogP contribution in [0.4, 0.5) is 5.82 Å². The molecule has 0 amide bonds. The summed E-state index contributed by atoms with van der Waals surface area (Å²) >= 11 is 7.65. The van der Waals surface area contributed by atoms with E-state index in [1.54, 1.807) is 10.9 Å². The summed E-state index contributed by atoms with van der Waals surface area (Å²) in [6.07, 6.45) is 1.99. The fraction of sp³-hybridized carbons (Fsp3) is 0.389. The van der Waals surface area contributed by atoms with Crippen molar-refractivity contribution in [2.24, 2.45) is 0 Å². The van der Waals surface area contributed by atoms with Gasteiger partial charge in [-0.2, -0.15) is 9.97 Å². The third kappa shape index (κ3) is 2.87. The summed E-state index contributed by atoms with van der Waals surface area (Å²) in [6.45, 7) is 0. The first-order valence-electron chi connectivity index (χ1n) is 8.84. The summed E-state index contributed by atoms with van der Waals surface area (Å²) in [6, 6.07) is 8.53. The van der Waals surface area contributed by atoms with E-state index in [0.29, 0.717) is 22.7 Å². The summed E-state index contributed by atoms with van der Waals surface area (Å²) in [5.41, 5.74) is 3.77. The van der Waals surface area contributed by atoms with Crippen molar-refractivity contribution in [1.82, 2.24) is 19.5 Å².